The molecule has 0 amide bonds. The molecular formula is C8H7F3OS. The van der Waals surface area contributed by atoms with E-state index < -0.39 is 28.6 Å². The first-order chi connectivity index (χ1) is 6.00. The van der Waals surface area contributed by atoms with Gasteiger partial charge in [-0.2, -0.15) is 0 Å². The first-order valence-corrected chi connectivity index (χ1v) is 4.01. The number of thiol groups is 1. The topological polar surface area (TPSA) is 9.23 Å². The van der Waals surface area contributed by atoms with E-state index >= 15 is 0 Å². The molecule has 0 fully saturated rings. The summed E-state index contributed by atoms with van der Waals surface area (Å²) in [5.41, 5.74) is -0.658. The van der Waals surface area contributed by atoms with Crippen molar-refractivity contribution < 1.29 is 17.9 Å². The van der Waals surface area contributed by atoms with Gasteiger partial charge in [-0.1, -0.05) is 0 Å². The number of hydrogen-bond acceptors (Lipinski definition) is 2. The van der Waals surface area contributed by atoms with Crippen LogP contribution in [0.15, 0.2) is 12.1 Å². The first kappa shape index (κ1) is 10.2. The van der Waals surface area contributed by atoms with Gasteiger partial charge in [0.1, 0.15) is 11.3 Å². The Morgan fingerprint density at radius 3 is 2.08 bits per heavy atom. The molecule has 1 nitrogen and oxygen atoms in total. The van der Waals surface area contributed by atoms with Crippen molar-refractivity contribution in [3.05, 3.63) is 29.6 Å². The molecule has 0 aliphatic rings. The molecule has 0 saturated heterocycles. The van der Waals surface area contributed by atoms with Gasteiger partial charge >= 0.3 is 0 Å². The Balaban J connectivity index is 3.06. The van der Waals surface area contributed by atoms with E-state index in [-0.39, 0.29) is 0 Å². The SMILES string of the molecule is CC(S)Oc1c(F)cc(F)cc1F. The van der Waals surface area contributed by atoms with Crippen LogP contribution in [0.2, 0.25) is 0 Å². The summed E-state index contributed by atoms with van der Waals surface area (Å²) in [4.78, 5) is 0. The average Bonchev–Trinajstić information content (AvgIpc) is 1.96. The van der Waals surface area contributed by atoms with Crippen LogP contribution >= 0.6 is 12.6 Å². The second-order valence-electron chi connectivity index (χ2n) is 2.42. The summed E-state index contributed by atoms with van der Waals surface area (Å²) in [5, 5.41) is 0. The van der Waals surface area contributed by atoms with Gasteiger partial charge in [-0.05, 0) is 6.92 Å². The highest BCUT2D eigenvalue weighted by Gasteiger charge is 2.13. The number of ether oxygens (including phenoxy) is 1. The van der Waals surface area contributed by atoms with E-state index in [0.717, 1.165) is 0 Å². The molecule has 1 rings (SSSR count). The normalized spacial score (nSPS) is 12.7. The van der Waals surface area contributed by atoms with Crippen LogP contribution in [0.3, 0.4) is 0 Å². The highest BCUT2D eigenvalue weighted by molar-refractivity contribution is 7.80. The van der Waals surface area contributed by atoms with Crippen molar-refractivity contribution in [2.24, 2.45) is 0 Å². The Bertz CT molecular complexity index is 291. The molecule has 0 spiro atoms. The maximum Gasteiger partial charge on any atom is 0.192 e. The van der Waals surface area contributed by atoms with Gasteiger partial charge in [0.2, 0.25) is 0 Å². The number of hydrogen-bond donors (Lipinski definition) is 1. The summed E-state index contributed by atoms with van der Waals surface area (Å²) in [6, 6.07) is 1.10. The van der Waals surface area contributed by atoms with Crippen LogP contribution < -0.4 is 4.74 Å². The summed E-state index contributed by atoms with van der Waals surface area (Å²) in [6.45, 7) is 1.49. The molecule has 0 aliphatic carbocycles. The molecule has 5 heteroatoms. The van der Waals surface area contributed by atoms with Gasteiger partial charge in [-0.25, -0.2) is 13.2 Å². The summed E-state index contributed by atoms with van der Waals surface area (Å²) in [5.74, 6) is -3.73. The highest BCUT2D eigenvalue weighted by Crippen LogP contribution is 2.24. The molecule has 1 aromatic rings. The van der Waals surface area contributed by atoms with Crippen molar-refractivity contribution in [1.29, 1.82) is 0 Å². The fourth-order valence-corrected chi connectivity index (χ4v) is 0.918. The van der Waals surface area contributed by atoms with Gasteiger partial charge in [0, 0.05) is 12.1 Å². The second-order valence-corrected chi connectivity index (χ2v) is 3.14. The van der Waals surface area contributed by atoms with E-state index in [4.69, 9.17) is 0 Å². The fraction of sp³-hybridized carbons (Fsp3) is 0.250. The molecule has 1 unspecified atom stereocenters. The lowest BCUT2D eigenvalue weighted by molar-refractivity contribution is 0.276. The zero-order valence-corrected chi connectivity index (χ0v) is 7.62. The number of rotatable bonds is 2. The molecule has 0 bridgehead atoms. The Morgan fingerprint density at radius 2 is 1.69 bits per heavy atom. The Hall–Kier alpha value is -0.840. The quantitative estimate of drug-likeness (QED) is 0.580. The third kappa shape index (κ3) is 2.55. The number of benzene rings is 1. The van der Waals surface area contributed by atoms with Gasteiger partial charge in [0.05, 0.1) is 0 Å². The predicted octanol–water partition coefficient (Wildman–Crippen LogP) is 2.76. The van der Waals surface area contributed by atoms with Crippen LogP contribution in [0.25, 0.3) is 0 Å². The second kappa shape index (κ2) is 3.91. The van der Waals surface area contributed by atoms with Crippen molar-refractivity contribution in [3.8, 4) is 5.75 Å². The van der Waals surface area contributed by atoms with Crippen LogP contribution in [0.4, 0.5) is 13.2 Å². The predicted molar refractivity (Wildman–Crippen MR) is 45.4 cm³/mol. The monoisotopic (exact) mass is 208 g/mol. The minimum absolute atomic E-state index is 0.550. The van der Waals surface area contributed by atoms with E-state index in [1.54, 1.807) is 0 Å². The largest absolute Gasteiger partial charge is 0.474 e. The van der Waals surface area contributed by atoms with Crippen LogP contribution in [-0.2, 0) is 0 Å². The molecule has 0 radical (unpaired) electrons. The Kier molecular flexibility index (Phi) is 3.08. The van der Waals surface area contributed by atoms with Crippen LogP contribution in [-0.4, -0.2) is 5.44 Å². The highest BCUT2D eigenvalue weighted by atomic mass is 32.1. The molecule has 0 saturated carbocycles. The standard InChI is InChI=1S/C8H7F3OS/c1-4(13)12-8-6(10)2-5(9)3-7(8)11/h2-4,13H,1H3. The van der Waals surface area contributed by atoms with Gasteiger partial charge < -0.3 is 4.74 Å². The van der Waals surface area contributed by atoms with E-state index in [1.165, 1.54) is 6.92 Å². The van der Waals surface area contributed by atoms with E-state index in [9.17, 15) is 13.2 Å². The zero-order chi connectivity index (χ0) is 10.0. The molecule has 1 atom stereocenters. The lowest BCUT2D eigenvalue weighted by Gasteiger charge is -2.10. The van der Waals surface area contributed by atoms with Crippen molar-refractivity contribution in [3.63, 3.8) is 0 Å². The Labute approximate surface area is 78.9 Å². The van der Waals surface area contributed by atoms with Gasteiger partial charge in [0.25, 0.3) is 0 Å². The van der Waals surface area contributed by atoms with E-state index in [0.29, 0.717) is 12.1 Å². The van der Waals surface area contributed by atoms with E-state index in [2.05, 4.69) is 17.4 Å². The molecular weight excluding hydrogens is 201 g/mol. The maximum atomic E-state index is 12.8. The van der Waals surface area contributed by atoms with E-state index in [1.807, 2.05) is 0 Å². The van der Waals surface area contributed by atoms with Crippen molar-refractivity contribution >= 4 is 12.6 Å². The molecule has 0 N–H and O–H groups in total. The van der Waals surface area contributed by atoms with Crippen molar-refractivity contribution in [2.75, 3.05) is 0 Å². The molecule has 0 aliphatic heterocycles. The molecule has 0 heterocycles. The molecule has 1 aromatic carbocycles. The van der Waals surface area contributed by atoms with Crippen LogP contribution in [0.5, 0.6) is 5.75 Å². The molecule has 72 valence electrons. The maximum absolute atomic E-state index is 12.8. The minimum Gasteiger partial charge on any atom is -0.474 e. The van der Waals surface area contributed by atoms with Gasteiger partial charge in [-0.15, -0.1) is 12.6 Å². The third-order valence-corrected chi connectivity index (χ3v) is 1.36. The Morgan fingerprint density at radius 1 is 1.23 bits per heavy atom. The molecule has 0 aromatic heterocycles. The lowest BCUT2D eigenvalue weighted by atomic mass is 10.3. The van der Waals surface area contributed by atoms with Crippen LogP contribution in [0.1, 0.15) is 6.92 Å². The fourth-order valence-electron chi connectivity index (χ4n) is 0.812. The smallest absolute Gasteiger partial charge is 0.192 e. The summed E-state index contributed by atoms with van der Waals surface area (Å²) in [6.07, 6.45) is 0. The molecule has 13 heavy (non-hydrogen) atoms. The van der Waals surface area contributed by atoms with Crippen molar-refractivity contribution in [2.45, 2.75) is 12.4 Å². The van der Waals surface area contributed by atoms with Crippen LogP contribution in [0, 0.1) is 17.5 Å². The summed E-state index contributed by atoms with van der Waals surface area (Å²) >= 11 is 3.78. The van der Waals surface area contributed by atoms with Gasteiger partial charge in [0.15, 0.2) is 17.4 Å². The third-order valence-electron chi connectivity index (χ3n) is 1.25. The average molecular weight is 208 g/mol. The summed E-state index contributed by atoms with van der Waals surface area (Å²) < 4.78 is 42.7. The first-order valence-electron chi connectivity index (χ1n) is 3.50. The van der Waals surface area contributed by atoms with Crippen molar-refractivity contribution in [1.82, 2.24) is 0 Å². The summed E-state index contributed by atoms with van der Waals surface area (Å²) in [7, 11) is 0. The lowest BCUT2D eigenvalue weighted by Crippen LogP contribution is -2.06. The minimum atomic E-state index is -1.07. The zero-order valence-electron chi connectivity index (χ0n) is 6.72. The number of halogens is 3. The van der Waals surface area contributed by atoms with Gasteiger partial charge in [-0.3, -0.25) is 0 Å².